The summed E-state index contributed by atoms with van der Waals surface area (Å²) >= 11 is 5.99. The lowest BCUT2D eigenvalue weighted by Gasteiger charge is -2.10. The van der Waals surface area contributed by atoms with Crippen LogP contribution in [0.5, 0.6) is 11.5 Å². The molecule has 7 nitrogen and oxygen atoms in total. The number of ether oxygens (including phenoxy) is 2. The molecule has 0 saturated heterocycles. The zero-order valence-electron chi connectivity index (χ0n) is 14.0. The summed E-state index contributed by atoms with van der Waals surface area (Å²) in [6.45, 7) is -0.00441. The van der Waals surface area contributed by atoms with Gasteiger partial charge in [0.1, 0.15) is 5.56 Å². The maximum absolute atomic E-state index is 12.3. The Balaban J connectivity index is 2.19. The molecule has 1 amide bonds. The van der Waals surface area contributed by atoms with Crippen molar-refractivity contribution in [2.24, 2.45) is 0 Å². The first-order valence-corrected chi connectivity index (χ1v) is 7.77. The highest BCUT2D eigenvalue weighted by Gasteiger charge is 2.24. The molecule has 0 unspecified atom stereocenters. The number of hydrogen-bond acceptors (Lipinski definition) is 5. The van der Waals surface area contributed by atoms with Crippen molar-refractivity contribution in [3.8, 4) is 23.3 Å². The summed E-state index contributed by atoms with van der Waals surface area (Å²) in [4.78, 5) is 22.9. The van der Waals surface area contributed by atoms with Crippen LogP contribution in [0.15, 0.2) is 36.4 Å². The molecule has 0 aliphatic heterocycles. The van der Waals surface area contributed by atoms with Crippen LogP contribution in [-0.4, -0.2) is 31.6 Å². The average Bonchev–Trinajstić information content (AvgIpc) is 2.65. The van der Waals surface area contributed by atoms with Crippen LogP contribution in [0.25, 0.3) is 0 Å². The van der Waals surface area contributed by atoms with Gasteiger partial charge in [0.15, 0.2) is 11.5 Å². The molecule has 2 aromatic carbocycles. The summed E-state index contributed by atoms with van der Waals surface area (Å²) < 4.78 is 10.1. The Bertz CT molecular complexity index is 902. The van der Waals surface area contributed by atoms with E-state index in [4.69, 9.17) is 21.1 Å². The van der Waals surface area contributed by atoms with E-state index in [-0.39, 0.29) is 29.3 Å². The van der Waals surface area contributed by atoms with Crippen LogP contribution in [0.2, 0.25) is 5.02 Å². The van der Waals surface area contributed by atoms with Gasteiger partial charge in [-0.05, 0) is 12.1 Å². The molecule has 0 heterocycles. The number of nitrogens with one attached hydrogen (secondary N) is 1. The smallest absolute Gasteiger partial charge is 0.286 e. The van der Waals surface area contributed by atoms with E-state index in [0.717, 1.165) is 6.07 Å². The zero-order valence-corrected chi connectivity index (χ0v) is 14.8. The van der Waals surface area contributed by atoms with Crippen molar-refractivity contribution < 1.29 is 19.2 Å². The lowest BCUT2D eigenvalue weighted by Crippen LogP contribution is -2.24. The van der Waals surface area contributed by atoms with E-state index in [1.165, 1.54) is 20.3 Å². The Hall–Kier alpha value is -3.24. The molecule has 2 rings (SSSR count). The molecule has 0 aliphatic carbocycles. The first-order valence-electron chi connectivity index (χ1n) is 7.40. The van der Waals surface area contributed by atoms with Gasteiger partial charge in [0.25, 0.3) is 11.6 Å². The third kappa shape index (κ3) is 4.43. The summed E-state index contributed by atoms with van der Waals surface area (Å²) in [6.07, 6.45) is 0. The summed E-state index contributed by atoms with van der Waals surface area (Å²) in [5.41, 5.74) is 0.0897. The number of nitro benzene ring substituents is 1. The SMILES string of the molecule is COc1cc(C(=O)NCC#Cc2ccccc2Cl)c([N+](=O)[O-])cc1OC. The van der Waals surface area contributed by atoms with Gasteiger partial charge in [0.2, 0.25) is 0 Å². The molecule has 0 fully saturated rings. The molecule has 0 spiro atoms. The van der Waals surface area contributed by atoms with E-state index in [0.29, 0.717) is 10.6 Å². The molecule has 0 atom stereocenters. The minimum Gasteiger partial charge on any atom is -0.493 e. The Kier molecular flexibility index (Phi) is 6.42. The lowest BCUT2D eigenvalue weighted by atomic mass is 10.1. The van der Waals surface area contributed by atoms with E-state index >= 15 is 0 Å². The highest BCUT2D eigenvalue weighted by atomic mass is 35.5. The number of halogens is 1. The molecule has 8 heteroatoms. The quantitative estimate of drug-likeness (QED) is 0.493. The highest BCUT2D eigenvalue weighted by molar-refractivity contribution is 6.31. The van der Waals surface area contributed by atoms with E-state index in [1.807, 2.05) is 0 Å². The Morgan fingerprint density at radius 1 is 1.23 bits per heavy atom. The normalized spacial score (nSPS) is 9.65. The van der Waals surface area contributed by atoms with Crippen molar-refractivity contribution in [2.45, 2.75) is 0 Å². The molecule has 0 radical (unpaired) electrons. The largest absolute Gasteiger partial charge is 0.493 e. The number of methoxy groups -OCH3 is 2. The molecular weight excluding hydrogens is 360 g/mol. The van der Waals surface area contributed by atoms with Crippen molar-refractivity contribution in [3.05, 3.63) is 62.7 Å². The van der Waals surface area contributed by atoms with Crippen molar-refractivity contribution in [2.75, 3.05) is 20.8 Å². The number of rotatable bonds is 5. The molecule has 26 heavy (non-hydrogen) atoms. The Labute approximate surface area is 155 Å². The first-order chi connectivity index (χ1) is 12.5. The fourth-order valence-corrected chi connectivity index (χ4v) is 2.31. The number of nitro groups is 1. The van der Waals surface area contributed by atoms with Gasteiger partial charge in [-0.15, -0.1) is 0 Å². The predicted molar refractivity (Wildman–Crippen MR) is 96.9 cm³/mol. The Morgan fingerprint density at radius 2 is 1.88 bits per heavy atom. The molecule has 134 valence electrons. The molecule has 0 aliphatic rings. The van der Waals surface area contributed by atoms with Gasteiger partial charge in [-0.25, -0.2) is 0 Å². The van der Waals surface area contributed by atoms with Gasteiger partial charge >= 0.3 is 0 Å². The van der Waals surface area contributed by atoms with Crippen LogP contribution in [0.3, 0.4) is 0 Å². The third-order valence-corrected chi connectivity index (χ3v) is 3.71. The van der Waals surface area contributed by atoms with Crippen molar-refractivity contribution in [3.63, 3.8) is 0 Å². The summed E-state index contributed by atoms with van der Waals surface area (Å²) in [5, 5.41) is 14.3. The molecule has 1 N–H and O–H groups in total. The minimum absolute atomic E-state index is 0.00441. The van der Waals surface area contributed by atoms with E-state index in [9.17, 15) is 14.9 Å². The van der Waals surface area contributed by atoms with Crippen LogP contribution < -0.4 is 14.8 Å². The number of carbonyl (C=O) groups excluding carboxylic acids is 1. The number of nitrogens with zero attached hydrogens (tertiary/aromatic N) is 1. The van der Waals surface area contributed by atoms with Crippen molar-refractivity contribution in [1.29, 1.82) is 0 Å². The number of amides is 1. The van der Waals surface area contributed by atoms with E-state index in [2.05, 4.69) is 17.2 Å². The van der Waals surface area contributed by atoms with Crippen LogP contribution in [0.4, 0.5) is 5.69 Å². The highest BCUT2D eigenvalue weighted by Crippen LogP contribution is 2.34. The topological polar surface area (TPSA) is 90.7 Å². The van der Waals surface area contributed by atoms with Gasteiger partial charge in [-0.3, -0.25) is 14.9 Å². The fourth-order valence-electron chi connectivity index (χ4n) is 2.12. The van der Waals surface area contributed by atoms with Gasteiger partial charge in [-0.1, -0.05) is 35.6 Å². The second-order valence-electron chi connectivity index (χ2n) is 4.95. The van der Waals surface area contributed by atoms with Crippen LogP contribution in [0.1, 0.15) is 15.9 Å². The zero-order chi connectivity index (χ0) is 19.1. The van der Waals surface area contributed by atoms with Crippen LogP contribution in [-0.2, 0) is 0 Å². The molecular formula is C18H15ClN2O5. The van der Waals surface area contributed by atoms with E-state index < -0.39 is 10.8 Å². The summed E-state index contributed by atoms with van der Waals surface area (Å²) in [6, 6.07) is 9.43. The second-order valence-corrected chi connectivity index (χ2v) is 5.35. The number of benzene rings is 2. The summed E-state index contributed by atoms with van der Waals surface area (Å²) in [7, 11) is 2.73. The molecule has 0 aromatic heterocycles. The first kappa shape index (κ1) is 19.1. The molecule has 0 bridgehead atoms. The standard InChI is InChI=1S/C18H15ClN2O5/c1-25-16-10-13(15(21(23)24)11-17(16)26-2)18(22)20-9-5-7-12-6-3-4-8-14(12)19/h3-4,6,8,10-11H,9H2,1-2H3,(H,20,22). The third-order valence-electron chi connectivity index (χ3n) is 3.38. The second kappa shape index (κ2) is 8.74. The maximum atomic E-state index is 12.3. The van der Waals surface area contributed by atoms with Gasteiger partial charge in [0, 0.05) is 11.6 Å². The molecule has 0 saturated carbocycles. The maximum Gasteiger partial charge on any atom is 0.286 e. The average molecular weight is 375 g/mol. The number of hydrogen-bond donors (Lipinski definition) is 1. The van der Waals surface area contributed by atoms with E-state index in [1.54, 1.807) is 24.3 Å². The van der Waals surface area contributed by atoms with Crippen LogP contribution in [0, 0.1) is 22.0 Å². The van der Waals surface area contributed by atoms with Gasteiger partial charge < -0.3 is 14.8 Å². The Morgan fingerprint density at radius 3 is 2.50 bits per heavy atom. The van der Waals surface area contributed by atoms with Crippen molar-refractivity contribution >= 4 is 23.2 Å². The minimum atomic E-state index is -0.660. The molecule has 2 aromatic rings. The van der Waals surface area contributed by atoms with Gasteiger partial charge in [0.05, 0.1) is 36.8 Å². The predicted octanol–water partition coefficient (Wildman–Crippen LogP) is 3.05. The number of carbonyl (C=O) groups is 1. The monoisotopic (exact) mass is 374 g/mol. The van der Waals surface area contributed by atoms with Crippen molar-refractivity contribution in [1.82, 2.24) is 5.32 Å². The summed E-state index contributed by atoms with van der Waals surface area (Å²) in [5.74, 6) is 5.30. The van der Waals surface area contributed by atoms with Gasteiger partial charge in [-0.2, -0.15) is 0 Å². The fraction of sp³-hybridized carbons (Fsp3) is 0.167. The van der Waals surface area contributed by atoms with Crippen LogP contribution >= 0.6 is 11.6 Å². The lowest BCUT2D eigenvalue weighted by molar-refractivity contribution is -0.385.